The van der Waals surface area contributed by atoms with Crippen LogP contribution in [0.1, 0.15) is 18.4 Å². The minimum atomic E-state index is -0.197. The molecule has 1 aromatic rings. The highest BCUT2D eigenvalue weighted by Gasteiger charge is 2.33. The number of likely N-dealkylation sites (tertiary alicyclic amines) is 2. The van der Waals surface area contributed by atoms with Crippen molar-refractivity contribution in [1.82, 2.24) is 9.80 Å². The van der Waals surface area contributed by atoms with Gasteiger partial charge in [0.05, 0.1) is 0 Å². The van der Waals surface area contributed by atoms with Gasteiger partial charge in [-0.25, -0.2) is 4.79 Å². The van der Waals surface area contributed by atoms with E-state index in [-0.39, 0.29) is 6.09 Å². The third-order valence-corrected chi connectivity index (χ3v) is 4.38. The number of benzene rings is 1. The molecule has 0 unspecified atom stereocenters. The Morgan fingerprint density at radius 1 is 1.19 bits per heavy atom. The first-order valence-corrected chi connectivity index (χ1v) is 7.67. The first kappa shape index (κ1) is 14.4. The monoisotopic (exact) mass is 289 g/mol. The molecule has 0 radical (unpaired) electrons. The van der Waals surface area contributed by atoms with Gasteiger partial charge in [-0.05, 0) is 18.4 Å². The number of nitrogens with zero attached hydrogens (tertiary/aromatic N) is 2. The molecule has 2 N–H and O–H groups in total. The van der Waals surface area contributed by atoms with Gasteiger partial charge in [0.1, 0.15) is 6.61 Å². The van der Waals surface area contributed by atoms with Crippen LogP contribution in [0.3, 0.4) is 0 Å². The Bertz CT molecular complexity index is 466. The SMILES string of the molecule is NC1CN(C2CCN(C(=O)OCc3ccccc3)CC2)C1. The standard InChI is InChI=1S/C16H23N3O2/c17-14-10-19(11-14)15-6-8-18(9-7-15)16(20)21-12-13-4-2-1-3-5-13/h1-5,14-15H,6-12,17H2. The highest BCUT2D eigenvalue weighted by atomic mass is 16.6. The fraction of sp³-hybridized carbons (Fsp3) is 0.562. The van der Waals surface area contributed by atoms with E-state index in [1.807, 2.05) is 35.2 Å². The van der Waals surface area contributed by atoms with E-state index >= 15 is 0 Å². The van der Waals surface area contributed by atoms with Crippen LogP contribution in [0.15, 0.2) is 30.3 Å². The fourth-order valence-electron chi connectivity index (χ4n) is 3.07. The number of amides is 1. The minimum absolute atomic E-state index is 0.197. The number of rotatable bonds is 3. The highest BCUT2D eigenvalue weighted by Crippen LogP contribution is 2.21. The van der Waals surface area contributed by atoms with E-state index < -0.39 is 0 Å². The van der Waals surface area contributed by atoms with Crippen molar-refractivity contribution < 1.29 is 9.53 Å². The van der Waals surface area contributed by atoms with Gasteiger partial charge < -0.3 is 15.4 Å². The lowest BCUT2D eigenvalue weighted by Crippen LogP contribution is -2.61. The van der Waals surface area contributed by atoms with Crippen molar-refractivity contribution in [3.8, 4) is 0 Å². The summed E-state index contributed by atoms with van der Waals surface area (Å²) >= 11 is 0. The summed E-state index contributed by atoms with van der Waals surface area (Å²) in [5, 5.41) is 0. The Morgan fingerprint density at radius 2 is 1.86 bits per heavy atom. The first-order chi connectivity index (χ1) is 10.2. The molecule has 2 aliphatic rings. The maximum atomic E-state index is 12.1. The average molecular weight is 289 g/mol. The number of hydrogen-bond donors (Lipinski definition) is 1. The molecular weight excluding hydrogens is 266 g/mol. The van der Waals surface area contributed by atoms with Crippen LogP contribution in [0.5, 0.6) is 0 Å². The van der Waals surface area contributed by atoms with Crippen LogP contribution < -0.4 is 5.73 Å². The van der Waals surface area contributed by atoms with Gasteiger partial charge in [0, 0.05) is 38.3 Å². The van der Waals surface area contributed by atoms with Crippen molar-refractivity contribution in [1.29, 1.82) is 0 Å². The van der Waals surface area contributed by atoms with Crippen molar-refractivity contribution in [3.63, 3.8) is 0 Å². The third-order valence-electron chi connectivity index (χ3n) is 4.38. The van der Waals surface area contributed by atoms with Crippen LogP contribution in [0.2, 0.25) is 0 Å². The van der Waals surface area contributed by atoms with Gasteiger partial charge in [-0.3, -0.25) is 4.90 Å². The molecule has 1 amide bonds. The van der Waals surface area contributed by atoms with E-state index in [4.69, 9.17) is 10.5 Å². The summed E-state index contributed by atoms with van der Waals surface area (Å²) in [5.74, 6) is 0. The Hall–Kier alpha value is -1.59. The van der Waals surface area contributed by atoms with E-state index in [0.717, 1.165) is 44.6 Å². The highest BCUT2D eigenvalue weighted by molar-refractivity contribution is 5.67. The van der Waals surface area contributed by atoms with Crippen LogP contribution in [0, 0.1) is 0 Å². The van der Waals surface area contributed by atoms with Crippen molar-refractivity contribution in [3.05, 3.63) is 35.9 Å². The zero-order chi connectivity index (χ0) is 14.7. The van der Waals surface area contributed by atoms with E-state index in [1.165, 1.54) is 0 Å². The average Bonchev–Trinajstić information content (AvgIpc) is 2.51. The van der Waals surface area contributed by atoms with Gasteiger partial charge in [-0.15, -0.1) is 0 Å². The summed E-state index contributed by atoms with van der Waals surface area (Å²) in [6.07, 6.45) is 1.85. The van der Waals surface area contributed by atoms with Crippen LogP contribution in [0.4, 0.5) is 4.79 Å². The Labute approximate surface area is 125 Å². The first-order valence-electron chi connectivity index (χ1n) is 7.67. The minimum Gasteiger partial charge on any atom is -0.445 e. The zero-order valence-electron chi connectivity index (χ0n) is 12.3. The molecule has 5 heteroatoms. The molecular formula is C16H23N3O2. The Morgan fingerprint density at radius 3 is 2.48 bits per heavy atom. The smallest absolute Gasteiger partial charge is 0.410 e. The number of nitrogens with two attached hydrogens (primary N) is 1. The number of carbonyl (C=O) groups excluding carboxylic acids is 1. The molecule has 0 saturated carbocycles. The van der Waals surface area contributed by atoms with Gasteiger partial charge in [-0.2, -0.15) is 0 Å². The maximum absolute atomic E-state index is 12.1. The van der Waals surface area contributed by atoms with Gasteiger partial charge in [0.2, 0.25) is 0 Å². The zero-order valence-corrected chi connectivity index (χ0v) is 12.3. The molecule has 0 aliphatic carbocycles. The summed E-state index contributed by atoms with van der Waals surface area (Å²) in [6.45, 7) is 3.92. The second kappa shape index (κ2) is 6.45. The maximum Gasteiger partial charge on any atom is 0.410 e. The Balaban J connectivity index is 1.40. The molecule has 2 saturated heterocycles. The molecule has 2 aliphatic heterocycles. The van der Waals surface area contributed by atoms with Gasteiger partial charge in [0.25, 0.3) is 0 Å². The summed E-state index contributed by atoms with van der Waals surface area (Å²) in [7, 11) is 0. The summed E-state index contributed by atoms with van der Waals surface area (Å²) < 4.78 is 5.37. The topological polar surface area (TPSA) is 58.8 Å². The molecule has 0 atom stereocenters. The van der Waals surface area contributed by atoms with Crippen molar-refractivity contribution >= 4 is 6.09 Å². The van der Waals surface area contributed by atoms with Gasteiger partial charge >= 0.3 is 6.09 Å². The van der Waals surface area contributed by atoms with Gasteiger partial charge in [-0.1, -0.05) is 30.3 Å². The summed E-state index contributed by atoms with van der Waals surface area (Å²) in [5.41, 5.74) is 6.84. The van der Waals surface area contributed by atoms with Crippen molar-refractivity contribution in [2.24, 2.45) is 5.73 Å². The largest absolute Gasteiger partial charge is 0.445 e. The number of piperidine rings is 1. The van der Waals surface area contributed by atoms with E-state index in [0.29, 0.717) is 18.7 Å². The number of ether oxygens (including phenoxy) is 1. The van der Waals surface area contributed by atoms with E-state index in [1.54, 1.807) is 0 Å². The molecule has 3 rings (SSSR count). The van der Waals surface area contributed by atoms with Crippen LogP contribution in [-0.2, 0) is 11.3 Å². The molecule has 0 aromatic heterocycles. The molecule has 0 spiro atoms. The lowest BCUT2D eigenvalue weighted by atomic mass is 9.98. The van der Waals surface area contributed by atoms with Crippen molar-refractivity contribution in [2.45, 2.75) is 31.5 Å². The van der Waals surface area contributed by atoms with E-state index in [2.05, 4.69) is 4.90 Å². The quantitative estimate of drug-likeness (QED) is 0.914. The third kappa shape index (κ3) is 3.54. The fourth-order valence-corrected chi connectivity index (χ4v) is 3.07. The number of carbonyl (C=O) groups is 1. The van der Waals surface area contributed by atoms with Crippen LogP contribution in [0.25, 0.3) is 0 Å². The van der Waals surface area contributed by atoms with E-state index in [9.17, 15) is 4.79 Å². The molecule has 2 fully saturated rings. The second-order valence-corrected chi connectivity index (χ2v) is 5.97. The lowest BCUT2D eigenvalue weighted by molar-refractivity contribution is 0.0388. The van der Waals surface area contributed by atoms with Crippen LogP contribution >= 0.6 is 0 Å². The molecule has 5 nitrogen and oxygen atoms in total. The number of hydrogen-bond acceptors (Lipinski definition) is 4. The lowest BCUT2D eigenvalue weighted by Gasteiger charge is -2.45. The normalized spacial score (nSPS) is 21.1. The molecule has 114 valence electrons. The second-order valence-electron chi connectivity index (χ2n) is 5.97. The molecule has 2 heterocycles. The molecule has 0 bridgehead atoms. The van der Waals surface area contributed by atoms with Crippen molar-refractivity contribution in [2.75, 3.05) is 26.2 Å². The molecule has 1 aromatic carbocycles. The van der Waals surface area contributed by atoms with Gasteiger partial charge in [0.15, 0.2) is 0 Å². The Kier molecular flexibility index (Phi) is 4.41. The molecule has 21 heavy (non-hydrogen) atoms. The predicted molar refractivity (Wildman–Crippen MR) is 80.8 cm³/mol. The summed E-state index contributed by atoms with van der Waals surface area (Å²) in [4.78, 5) is 16.3. The summed E-state index contributed by atoms with van der Waals surface area (Å²) in [6, 6.07) is 10.7. The predicted octanol–water partition coefficient (Wildman–Crippen LogP) is 1.43. The van der Waals surface area contributed by atoms with Crippen LogP contribution in [-0.4, -0.2) is 54.2 Å².